The molecular formula is C30H31F2N7O3. The quantitative estimate of drug-likeness (QED) is 0.264. The highest BCUT2D eigenvalue weighted by Gasteiger charge is 2.39. The number of fused-ring (bicyclic) bond motifs is 1. The highest BCUT2D eigenvalue weighted by atomic mass is 19.1. The van der Waals surface area contributed by atoms with E-state index in [-0.39, 0.29) is 54.0 Å². The van der Waals surface area contributed by atoms with Crippen molar-refractivity contribution in [1.29, 1.82) is 5.26 Å². The van der Waals surface area contributed by atoms with E-state index in [0.717, 1.165) is 29.8 Å². The summed E-state index contributed by atoms with van der Waals surface area (Å²) in [6.45, 7) is 2.44. The number of imidazole rings is 1. The van der Waals surface area contributed by atoms with E-state index < -0.39 is 17.2 Å². The van der Waals surface area contributed by atoms with Crippen molar-refractivity contribution in [3.8, 4) is 17.3 Å². The fourth-order valence-electron chi connectivity index (χ4n) is 5.98. The normalized spacial score (nSPS) is 23.3. The van der Waals surface area contributed by atoms with E-state index in [2.05, 4.69) is 33.4 Å². The van der Waals surface area contributed by atoms with Crippen LogP contribution in [0, 0.1) is 28.9 Å². The van der Waals surface area contributed by atoms with Crippen LogP contribution in [0.3, 0.4) is 0 Å². The minimum atomic E-state index is -1.40. The van der Waals surface area contributed by atoms with E-state index >= 15 is 8.78 Å². The lowest BCUT2D eigenvalue weighted by Crippen LogP contribution is -2.46. The molecule has 0 bridgehead atoms. The zero-order chi connectivity index (χ0) is 29.4. The monoisotopic (exact) mass is 575 g/mol. The number of benzene rings is 1. The maximum atomic E-state index is 15.2. The molecule has 4 aromatic rings. The van der Waals surface area contributed by atoms with Crippen LogP contribution in [-0.4, -0.2) is 56.7 Å². The number of halogens is 2. The first-order valence-electron chi connectivity index (χ1n) is 13.9. The van der Waals surface area contributed by atoms with E-state index in [4.69, 9.17) is 20.5 Å². The average molecular weight is 576 g/mol. The van der Waals surface area contributed by atoms with Crippen molar-refractivity contribution in [3.63, 3.8) is 0 Å². The van der Waals surface area contributed by atoms with Crippen molar-refractivity contribution >= 4 is 17.2 Å². The molecule has 3 aromatic heterocycles. The number of hydrogen-bond acceptors (Lipinski definition) is 9. The molecule has 0 radical (unpaired) electrons. The third kappa shape index (κ3) is 5.20. The van der Waals surface area contributed by atoms with E-state index in [0.29, 0.717) is 30.9 Å². The number of nitrogens with two attached hydrogens (primary N) is 1. The molecule has 6 rings (SSSR count). The number of aliphatic hydroxyl groups is 1. The molecule has 0 unspecified atom stereocenters. The molecule has 2 aliphatic rings. The zero-order valence-electron chi connectivity index (χ0n) is 23.0. The summed E-state index contributed by atoms with van der Waals surface area (Å²) < 4.78 is 42.8. The fraction of sp³-hybridized carbons (Fsp3) is 0.400. The van der Waals surface area contributed by atoms with E-state index in [9.17, 15) is 5.11 Å². The standard InChI is InChI=1S/C30H31F2N7O3/c1-17-9-18(10-24(34)28(17)42-8-2-6-33)21-5-7-35-14-26(21)37-29-36-13-20-3-4-25(38-39(20)29)27-22(31)11-19(12-23(27)32)30(40)15-41-16-30/h3-5,7,11-14,17-18,24,28,40H,2,8-10,15-16,34H2,1H3,(H,36,37)/t17-,18+,24+,28-/m0/s1. The number of nitrogens with one attached hydrogen (secondary N) is 1. The molecule has 12 heteroatoms. The van der Waals surface area contributed by atoms with Gasteiger partial charge in [0.2, 0.25) is 5.95 Å². The second kappa shape index (κ2) is 11.3. The molecule has 218 valence electrons. The Kier molecular flexibility index (Phi) is 7.59. The average Bonchev–Trinajstić information content (AvgIpc) is 3.35. The van der Waals surface area contributed by atoms with Gasteiger partial charge in [-0.3, -0.25) is 4.98 Å². The van der Waals surface area contributed by atoms with Crippen LogP contribution in [0.1, 0.15) is 43.2 Å². The number of anilines is 2. The fourth-order valence-corrected chi connectivity index (χ4v) is 5.98. The van der Waals surface area contributed by atoms with Gasteiger partial charge >= 0.3 is 0 Å². The molecule has 42 heavy (non-hydrogen) atoms. The molecule has 0 amide bonds. The summed E-state index contributed by atoms with van der Waals surface area (Å²) in [4.78, 5) is 8.76. The van der Waals surface area contributed by atoms with Crippen molar-refractivity contribution in [2.45, 2.75) is 49.9 Å². The Morgan fingerprint density at radius 3 is 2.69 bits per heavy atom. The Bertz CT molecular complexity index is 1620. The van der Waals surface area contributed by atoms with Gasteiger partial charge in [0, 0.05) is 12.2 Å². The predicted molar refractivity (Wildman–Crippen MR) is 150 cm³/mol. The topological polar surface area (TPSA) is 144 Å². The SMILES string of the molecule is C[C@H]1C[C@@H](c2ccncc2Nc2ncc3ccc(-c4c(F)cc(C5(O)COC5)cc4F)nn23)C[C@@H](N)[C@H]1OCCC#N. The number of pyridine rings is 1. The van der Waals surface area contributed by atoms with Crippen LogP contribution in [0.15, 0.2) is 48.9 Å². The van der Waals surface area contributed by atoms with Crippen LogP contribution >= 0.6 is 0 Å². The molecule has 4 atom stereocenters. The molecule has 1 aliphatic heterocycles. The summed E-state index contributed by atoms with van der Waals surface area (Å²) in [6, 6.07) is 9.31. The van der Waals surface area contributed by atoms with Gasteiger partial charge in [0.1, 0.15) is 17.2 Å². The summed E-state index contributed by atoms with van der Waals surface area (Å²) in [5, 5.41) is 27.1. The van der Waals surface area contributed by atoms with E-state index in [1.54, 1.807) is 24.7 Å². The minimum Gasteiger partial charge on any atom is -0.380 e. The van der Waals surface area contributed by atoms with Crippen LogP contribution in [0.25, 0.3) is 16.8 Å². The first-order chi connectivity index (χ1) is 20.3. The van der Waals surface area contributed by atoms with Crippen LogP contribution in [0.4, 0.5) is 20.4 Å². The van der Waals surface area contributed by atoms with Crippen LogP contribution in [0.2, 0.25) is 0 Å². The highest BCUT2D eigenvalue weighted by molar-refractivity contribution is 5.66. The molecule has 1 aromatic carbocycles. The maximum absolute atomic E-state index is 15.2. The smallest absolute Gasteiger partial charge is 0.229 e. The summed E-state index contributed by atoms with van der Waals surface area (Å²) in [5.74, 6) is -1.00. The van der Waals surface area contributed by atoms with Crippen molar-refractivity contribution in [2.24, 2.45) is 11.7 Å². The molecular weight excluding hydrogens is 544 g/mol. The molecule has 1 saturated heterocycles. The molecule has 4 N–H and O–H groups in total. The van der Waals surface area contributed by atoms with Gasteiger partial charge in [-0.25, -0.2) is 13.8 Å². The number of nitriles is 1. The lowest BCUT2D eigenvalue weighted by atomic mass is 9.74. The van der Waals surface area contributed by atoms with Gasteiger partial charge < -0.3 is 25.6 Å². The lowest BCUT2D eigenvalue weighted by Gasteiger charge is -2.39. The molecule has 10 nitrogen and oxygen atoms in total. The van der Waals surface area contributed by atoms with Gasteiger partial charge in [-0.05, 0) is 66.1 Å². The molecule has 2 fully saturated rings. The minimum absolute atomic E-state index is 0.0156. The summed E-state index contributed by atoms with van der Waals surface area (Å²) in [7, 11) is 0. The van der Waals surface area contributed by atoms with Crippen LogP contribution in [0.5, 0.6) is 0 Å². The van der Waals surface area contributed by atoms with Crippen molar-refractivity contribution in [3.05, 3.63) is 71.7 Å². The molecule has 1 saturated carbocycles. The first kappa shape index (κ1) is 28.1. The Labute approximate surface area is 241 Å². The third-order valence-corrected chi connectivity index (χ3v) is 8.16. The van der Waals surface area contributed by atoms with Gasteiger partial charge in [-0.15, -0.1) is 0 Å². The highest BCUT2D eigenvalue weighted by Crippen LogP contribution is 2.40. The van der Waals surface area contributed by atoms with Gasteiger partial charge in [0.25, 0.3) is 0 Å². The van der Waals surface area contributed by atoms with Crippen LogP contribution < -0.4 is 11.1 Å². The Hall–Kier alpha value is -4.02. The van der Waals surface area contributed by atoms with Gasteiger partial charge in [0.15, 0.2) is 0 Å². The van der Waals surface area contributed by atoms with Gasteiger partial charge in [-0.1, -0.05) is 6.92 Å². The summed E-state index contributed by atoms with van der Waals surface area (Å²) in [6.07, 6.45) is 6.79. The third-order valence-electron chi connectivity index (χ3n) is 8.16. The molecule has 4 heterocycles. The van der Waals surface area contributed by atoms with Gasteiger partial charge in [0.05, 0.1) is 73.3 Å². The summed E-state index contributed by atoms with van der Waals surface area (Å²) >= 11 is 0. The van der Waals surface area contributed by atoms with Crippen LogP contribution in [-0.2, 0) is 15.1 Å². The number of rotatable bonds is 8. The maximum Gasteiger partial charge on any atom is 0.229 e. The Morgan fingerprint density at radius 2 is 2.00 bits per heavy atom. The van der Waals surface area contributed by atoms with Gasteiger partial charge in [-0.2, -0.15) is 14.9 Å². The number of hydrogen-bond donors (Lipinski definition) is 3. The first-order valence-corrected chi connectivity index (χ1v) is 13.9. The second-order valence-corrected chi connectivity index (χ2v) is 11.1. The number of aromatic nitrogens is 4. The largest absolute Gasteiger partial charge is 0.380 e. The Morgan fingerprint density at radius 1 is 1.21 bits per heavy atom. The second-order valence-electron chi connectivity index (χ2n) is 11.1. The van der Waals surface area contributed by atoms with E-state index in [1.807, 2.05) is 6.07 Å². The Balaban J connectivity index is 1.27. The van der Waals surface area contributed by atoms with Crippen molar-refractivity contribution in [1.82, 2.24) is 19.6 Å². The number of ether oxygens (including phenoxy) is 2. The van der Waals surface area contributed by atoms with Crippen molar-refractivity contribution < 1.29 is 23.4 Å². The summed E-state index contributed by atoms with van der Waals surface area (Å²) in [5.41, 5.74) is 7.39. The lowest BCUT2D eigenvalue weighted by molar-refractivity contribution is -0.184. The zero-order valence-corrected chi connectivity index (χ0v) is 23.0. The molecule has 1 aliphatic carbocycles. The predicted octanol–water partition coefficient (Wildman–Crippen LogP) is 4.17. The van der Waals surface area contributed by atoms with E-state index in [1.165, 1.54) is 10.6 Å². The van der Waals surface area contributed by atoms with Crippen molar-refractivity contribution in [2.75, 3.05) is 25.1 Å². The number of nitrogens with zero attached hydrogens (tertiary/aromatic N) is 5. The molecule has 0 spiro atoms.